The molecule has 0 bridgehead atoms. The van der Waals surface area contributed by atoms with E-state index in [0.29, 0.717) is 0 Å². The summed E-state index contributed by atoms with van der Waals surface area (Å²) in [6.45, 7) is 1.93. The number of aliphatic hydroxyl groups excluding tert-OH is 1. The van der Waals surface area contributed by atoms with Crippen LogP contribution in [0.2, 0.25) is 0 Å². The number of rotatable bonds is 4. The molecule has 2 aromatic rings. The van der Waals surface area contributed by atoms with Crippen LogP contribution < -0.4 is 5.32 Å². The van der Waals surface area contributed by atoms with Gasteiger partial charge in [0.25, 0.3) is 0 Å². The van der Waals surface area contributed by atoms with E-state index in [9.17, 15) is 5.11 Å². The zero-order valence-electron chi connectivity index (χ0n) is 11.3. The van der Waals surface area contributed by atoms with Gasteiger partial charge < -0.3 is 15.0 Å². The summed E-state index contributed by atoms with van der Waals surface area (Å²) in [5.41, 5.74) is 1.83. The Morgan fingerprint density at radius 3 is 3.20 bits per heavy atom. The summed E-state index contributed by atoms with van der Waals surface area (Å²) >= 11 is 3.36. The van der Waals surface area contributed by atoms with Crippen LogP contribution in [0.4, 0.5) is 0 Å². The lowest BCUT2D eigenvalue weighted by Crippen LogP contribution is -2.44. The van der Waals surface area contributed by atoms with Gasteiger partial charge in [-0.25, -0.2) is 9.97 Å². The van der Waals surface area contributed by atoms with E-state index in [4.69, 9.17) is 0 Å². The average Bonchev–Trinajstić information content (AvgIpc) is 2.83. The summed E-state index contributed by atoms with van der Waals surface area (Å²) in [6.07, 6.45) is 5.66. The molecule has 0 radical (unpaired) electrons. The summed E-state index contributed by atoms with van der Waals surface area (Å²) < 4.78 is 2.94. The minimum atomic E-state index is -0.194. The number of nitrogens with zero attached hydrogens (tertiary/aromatic N) is 3. The Hall–Kier alpha value is -0.980. The molecule has 20 heavy (non-hydrogen) atoms. The van der Waals surface area contributed by atoms with Gasteiger partial charge in [0.2, 0.25) is 0 Å². The molecule has 5 nitrogen and oxygen atoms in total. The van der Waals surface area contributed by atoms with Crippen molar-refractivity contribution in [3.8, 4) is 0 Å². The molecule has 6 heteroatoms. The number of aromatic nitrogens is 3. The number of nitrogens with one attached hydrogen (secondary N) is 1. The van der Waals surface area contributed by atoms with E-state index >= 15 is 0 Å². The zero-order chi connectivity index (χ0) is 13.9. The van der Waals surface area contributed by atoms with E-state index in [-0.39, 0.29) is 12.1 Å². The monoisotopic (exact) mass is 338 g/mol. The van der Waals surface area contributed by atoms with Crippen molar-refractivity contribution >= 4 is 27.1 Å². The van der Waals surface area contributed by atoms with Crippen molar-refractivity contribution in [3.05, 3.63) is 23.1 Å². The highest BCUT2D eigenvalue weighted by atomic mass is 79.9. The van der Waals surface area contributed by atoms with Crippen LogP contribution in [-0.2, 0) is 6.54 Å². The minimum absolute atomic E-state index is 0.194. The quantitative estimate of drug-likeness (QED) is 0.838. The first-order chi connectivity index (χ1) is 9.74. The van der Waals surface area contributed by atoms with Gasteiger partial charge in [-0.1, -0.05) is 0 Å². The topological polar surface area (TPSA) is 63.0 Å². The van der Waals surface area contributed by atoms with Crippen LogP contribution in [0.1, 0.15) is 25.7 Å². The number of hydrogen-bond acceptors (Lipinski definition) is 4. The highest BCUT2D eigenvalue weighted by Crippen LogP contribution is 2.17. The van der Waals surface area contributed by atoms with Gasteiger partial charge in [-0.05, 0) is 60.3 Å². The molecular weight excluding hydrogens is 320 g/mol. The molecule has 0 aliphatic carbocycles. The molecule has 1 aliphatic rings. The molecule has 0 amide bonds. The standard InChI is InChI=1S/C14H19BrN4O/c15-13-6-5-11-14(18-13)17-9-19(11)8-2-3-10-12(20)4-1-7-16-10/h5-6,9-10,12,16,20H,1-4,7-8H2. The third-order valence-corrected chi connectivity index (χ3v) is 4.35. The number of piperidine rings is 1. The molecule has 3 heterocycles. The molecule has 2 atom stereocenters. The smallest absolute Gasteiger partial charge is 0.178 e. The van der Waals surface area contributed by atoms with Crippen LogP contribution in [0.3, 0.4) is 0 Å². The number of pyridine rings is 1. The molecule has 0 spiro atoms. The Bertz CT molecular complexity index is 586. The maximum atomic E-state index is 9.93. The third-order valence-electron chi connectivity index (χ3n) is 3.91. The normalized spacial score (nSPS) is 23.3. The second kappa shape index (κ2) is 6.20. The Morgan fingerprint density at radius 2 is 2.35 bits per heavy atom. The largest absolute Gasteiger partial charge is 0.392 e. The third kappa shape index (κ3) is 3.02. The molecule has 0 saturated carbocycles. The highest BCUT2D eigenvalue weighted by Gasteiger charge is 2.21. The first kappa shape index (κ1) is 14.0. The molecule has 2 N–H and O–H groups in total. The van der Waals surface area contributed by atoms with Gasteiger partial charge in [-0.15, -0.1) is 0 Å². The van der Waals surface area contributed by atoms with Crippen molar-refractivity contribution in [2.75, 3.05) is 6.54 Å². The van der Waals surface area contributed by atoms with Crippen LogP contribution in [0.15, 0.2) is 23.1 Å². The number of fused-ring (bicyclic) bond motifs is 1. The lowest BCUT2D eigenvalue weighted by molar-refractivity contribution is 0.0909. The second-order valence-corrected chi connectivity index (χ2v) is 6.14. The molecule has 1 fully saturated rings. The van der Waals surface area contributed by atoms with E-state index in [1.807, 2.05) is 18.5 Å². The van der Waals surface area contributed by atoms with Crippen molar-refractivity contribution in [2.45, 2.75) is 44.4 Å². The summed E-state index contributed by atoms with van der Waals surface area (Å²) in [7, 11) is 0. The Morgan fingerprint density at radius 1 is 1.45 bits per heavy atom. The van der Waals surface area contributed by atoms with Gasteiger partial charge in [0.15, 0.2) is 5.65 Å². The fourth-order valence-corrected chi connectivity index (χ4v) is 3.11. The maximum Gasteiger partial charge on any atom is 0.178 e. The lowest BCUT2D eigenvalue weighted by atomic mass is 9.97. The van der Waals surface area contributed by atoms with Crippen molar-refractivity contribution in [1.82, 2.24) is 19.9 Å². The van der Waals surface area contributed by atoms with Crippen molar-refractivity contribution in [3.63, 3.8) is 0 Å². The number of aryl methyl sites for hydroxylation is 1. The molecule has 3 rings (SSSR count). The van der Waals surface area contributed by atoms with Gasteiger partial charge in [-0.2, -0.15) is 0 Å². The van der Waals surface area contributed by atoms with Gasteiger partial charge in [0.05, 0.1) is 17.9 Å². The number of imidazole rings is 1. The fraction of sp³-hybridized carbons (Fsp3) is 0.571. The maximum absolute atomic E-state index is 9.93. The van der Waals surface area contributed by atoms with Crippen LogP contribution >= 0.6 is 15.9 Å². The number of halogens is 1. The molecule has 1 aliphatic heterocycles. The second-order valence-electron chi connectivity index (χ2n) is 5.33. The zero-order valence-corrected chi connectivity index (χ0v) is 12.9. The highest BCUT2D eigenvalue weighted by molar-refractivity contribution is 9.10. The Kier molecular flexibility index (Phi) is 4.33. The van der Waals surface area contributed by atoms with E-state index in [2.05, 4.69) is 35.8 Å². The Balaban J connectivity index is 1.59. The van der Waals surface area contributed by atoms with Gasteiger partial charge in [-0.3, -0.25) is 0 Å². The van der Waals surface area contributed by atoms with Crippen molar-refractivity contribution in [2.24, 2.45) is 0 Å². The molecular formula is C14H19BrN4O. The molecule has 2 aromatic heterocycles. The van der Waals surface area contributed by atoms with E-state index in [1.165, 1.54) is 0 Å². The number of aliphatic hydroxyl groups is 1. The van der Waals surface area contributed by atoms with Gasteiger partial charge >= 0.3 is 0 Å². The van der Waals surface area contributed by atoms with Crippen molar-refractivity contribution in [1.29, 1.82) is 0 Å². The van der Waals surface area contributed by atoms with Crippen LogP contribution in [0.5, 0.6) is 0 Å². The molecule has 108 valence electrons. The summed E-state index contributed by atoms with van der Waals surface area (Å²) in [5.74, 6) is 0. The first-order valence-corrected chi connectivity index (χ1v) is 7.92. The van der Waals surface area contributed by atoms with Crippen LogP contribution in [0, 0.1) is 0 Å². The molecule has 0 aromatic carbocycles. The minimum Gasteiger partial charge on any atom is -0.392 e. The first-order valence-electron chi connectivity index (χ1n) is 7.13. The van der Waals surface area contributed by atoms with E-state index in [0.717, 1.165) is 54.5 Å². The van der Waals surface area contributed by atoms with E-state index < -0.39 is 0 Å². The summed E-state index contributed by atoms with van der Waals surface area (Å²) in [4.78, 5) is 8.66. The Labute approximate surface area is 126 Å². The predicted octanol–water partition coefficient (Wildman–Crippen LogP) is 2.09. The molecule has 2 unspecified atom stereocenters. The van der Waals surface area contributed by atoms with Crippen molar-refractivity contribution < 1.29 is 5.11 Å². The average molecular weight is 339 g/mol. The fourth-order valence-electron chi connectivity index (χ4n) is 2.81. The predicted molar refractivity (Wildman–Crippen MR) is 81.5 cm³/mol. The molecule has 1 saturated heterocycles. The summed E-state index contributed by atoms with van der Waals surface area (Å²) in [6, 6.07) is 4.21. The van der Waals surface area contributed by atoms with Gasteiger partial charge in [0.1, 0.15) is 4.60 Å². The van der Waals surface area contributed by atoms with E-state index in [1.54, 1.807) is 0 Å². The van der Waals surface area contributed by atoms with Crippen LogP contribution in [-0.4, -0.2) is 38.3 Å². The van der Waals surface area contributed by atoms with Crippen LogP contribution in [0.25, 0.3) is 11.2 Å². The van der Waals surface area contributed by atoms with Gasteiger partial charge in [0, 0.05) is 12.6 Å². The lowest BCUT2D eigenvalue weighted by Gasteiger charge is -2.28. The SMILES string of the molecule is OC1CCCNC1CCCn1cnc2nc(Br)ccc21. The number of hydrogen-bond donors (Lipinski definition) is 2. The summed E-state index contributed by atoms with van der Waals surface area (Å²) in [5, 5.41) is 13.3.